The van der Waals surface area contributed by atoms with Crippen LogP contribution in [-0.2, 0) is 16.0 Å². The molecule has 1 aromatic rings. The van der Waals surface area contributed by atoms with Crippen LogP contribution in [0.25, 0.3) is 0 Å². The molecule has 114 valence electrons. The quantitative estimate of drug-likeness (QED) is 0.840. The first-order valence-corrected chi connectivity index (χ1v) is 7.68. The first-order chi connectivity index (χ1) is 10.1. The summed E-state index contributed by atoms with van der Waals surface area (Å²) in [6.07, 6.45) is 5.65. The molecular formula is C17H23NO3. The van der Waals surface area contributed by atoms with Crippen LogP contribution in [0.15, 0.2) is 24.3 Å². The minimum absolute atomic E-state index is 0.107. The number of carbonyl (C=O) groups excluding carboxylic acids is 1. The average Bonchev–Trinajstić information content (AvgIpc) is 2.96. The molecule has 1 aromatic carbocycles. The fourth-order valence-corrected chi connectivity index (χ4v) is 3.11. The Morgan fingerprint density at radius 3 is 2.62 bits per heavy atom. The highest BCUT2D eigenvalue weighted by molar-refractivity contribution is 5.95. The molecule has 4 heteroatoms. The molecule has 0 unspecified atom stereocenters. The van der Waals surface area contributed by atoms with Gasteiger partial charge < -0.3 is 10.4 Å². The van der Waals surface area contributed by atoms with E-state index < -0.39 is 5.97 Å². The second-order valence-corrected chi connectivity index (χ2v) is 5.89. The zero-order chi connectivity index (χ0) is 15.3. The number of carboxylic acids is 1. The third-order valence-corrected chi connectivity index (χ3v) is 4.53. The van der Waals surface area contributed by atoms with E-state index in [1.165, 1.54) is 0 Å². The van der Waals surface area contributed by atoms with E-state index in [2.05, 4.69) is 12.2 Å². The Morgan fingerprint density at radius 1 is 1.29 bits per heavy atom. The van der Waals surface area contributed by atoms with Crippen LogP contribution in [-0.4, -0.2) is 17.0 Å². The van der Waals surface area contributed by atoms with E-state index in [-0.39, 0.29) is 17.7 Å². The molecule has 0 saturated heterocycles. The van der Waals surface area contributed by atoms with Gasteiger partial charge in [0.2, 0.25) is 5.91 Å². The molecule has 0 radical (unpaired) electrons. The maximum atomic E-state index is 12.5. The van der Waals surface area contributed by atoms with Crippen molar-refractivity contribution in [3.05, 3.63) is 29.8 Å². The van der Waals surface area contributed by atoms with Crippen molar-refractivity contribution in [3.63, 3.8) is 0 Å². The molecule has 1 aliphatic rings. The van der Waals surface area contributed by atoms with Gasteiger partial charge >= 0.3 is 5.97 Å². The third-order valence-electron chi connectivity index (χ3n) is 4.53. The Labute approximate surface area is 125 Å². The van der Waals surface area contributed by atoms with Crippen LogP contribution in [0.4, 0.5) is 5.69 Å². The summed E-state index contributed by atoms with van der Waals surface area (Å²) in [6.45, 7) is 2.08. The van der Waals surface area contributed by atoms with Crippen LogP contribution >= 0.6 is 0 Å². The molecule has 1 fully saturated rings. The summed E-state index contributed by atoms with van der Waals surface area (Å²) in [5.74, 6) is -0.696. The Bertz CT molecular complexity index is 519. The van der Waals surface area contributed by atoms with Crippen molar-refractivity contribution in [1.82, 2.24) is 0 Å². The number of benzene rings is 1. The lowest BCUT2D eigenvalue weighted by atomic mass is 9.82. The second kappa shape index (κ2) is 6.74. The van der Waals surface area contributed by atoms with Gasteiger partial charge in [0.1, 0.15) is 0 Å². The van der Waals surface area contributed by atoms with E-state index in [1.807, 2.05) is 24.3 Å². The molecule has 2 rings (SSSR count). The normalized spacial score (nSPS) is 16.6. The number of carbonyl (C=O) groups is 2. The predicted octanol–water partition coefficient (Wildman–Crippen LogP) is 3.61. The van der Waals surface area contributed by atoms with Crippen molar-refractivity contribution in [2.45, 2.75) is 51.9 Å². The lowest BCUT2D eigenvalue weighted by Gasteiger charge is -2.26. The molecule has 0 spiro atoms. The van der Waals surface area contributed by atoms with Gasteiger partial charge in [0.25, 0.3) is 0 Å². The van der Waals surface area contributed by atoms with E-state index in [4.69, 9.17) is 5.11 Å². The Hall–Kier alpha value is -1.84. The molecule has 4 nitrogen and oxygen atoms in total. The van der Waals surface area contributed by atoms with Gasteiger partial charge in [-0.2, -0.15) is 0 Å². The van der Waals surface area contributed by atoms with Gasteiger partial charge in [-0.1, -0.05) is 31.9 Å². The van der Waals surface area contributed by atoms with Crippen LogP contribution in [0.2, 0.25) is 0 Å². The number of hydrogen-bond donors (Lipinski definition) is 2. The highest BCUT2D eigenvalue weighted by Gasteiger charge is 2.39. The first kappa shape index (κ1) is 15.5. The third kappa shape index (κ3) is 3.84. The van der Waals surface area contributed by atoms with Crippen LogP contribution < -0.4 is 5.32 Å². The maximum Gasteiger partial charge on any atom is 0.303 e. The largest absolute Gasteiger partial charge is 0.481 e. The van der Waals surface area contributed by atoms with Crippen LogP contribution in [0, 0.1) is 5.41 Å². The second-order valence-electron chi connectivity index (χ2n) is 5.89. The van der Waals surface area contributed by atoms with Crippen LogP contribution in [0.1, 0.15) is 51.0 Å². The number of nitrogens with one attached hydrogen (secondary N) is 1. The summed E-state index contributed by atoms with van der Waals surface area (Å²) in [4.78, 5) is 23.2. The van der Waals surface area contributed by atoms with Crippen molar-refractivity contribution in [3.8, 4) is 0 Å². The van der Waals surface area contributed by atoms with Crippen LogP contribution in [0.5, 0.6) is 0 Å². The number of aryl methyl sites for hydroxylation is 1. The molecule has 2 N–H and O–H groups in total. The van der Waals surface area contributed by atoms with Crippen molar-refractivity contribution < 1.29 is 14.7 Å². The molecule has 0 bridgehead atoms. The van der Waals surface area contributed by atoms with Crippen molar-refractivity contribution >= 4 is 17.6 Å². The fraction of sp³-hybridized carbons (Fsp3) is 0.529. The summed E-state index contributed by atoms with van der Waals surface area (Å²) >= 11 is 0. The van der Waals surface area contributed by atoms with Gasteiger partial charge in [-0.3, -0.25) is 9.59 Å². The van der Waals surface area contributed by atoms with E-state index >= 15 is 0 Å². The van der Waals surface area contributed by atoms with Crippen LogP contribution in [0.3, 0.4) is 0 Å². The van der Waals surface area contributed by atoms with Gasteiger partial charge in [-0.15, -0.1) is 0 Å². The molecule has 1 aliphatic carbocycles. The summed E-state index contributed by atoms with van der Waals surface area (Å²) in [7, 11) is 0. The van der Waals surface area contributed by atoms with E-state index in [0.29, 0.717) is 6.42 Å². The van der Waals surface area contributed by atoms with Gasteiger partial charge in [-0.25, -0.2) is 0 Å². The minimum atomic E-state index is -0.805. The first-order valence-electron chi connectivity index (χ1n) is 7.68. The smallest absolute Gasteiger partial charge is 0.303 e. The lowest BCUT2D eigenvalue weighted by Crippen LogP contribution is -2.33. The number of anilines is 1. The topological polar surface area (TPSA) is 66.4 Å². The van der Waals surface area contributed by atoms with Crippen molar-refractivity contribution in [2.75, 3.05) is 5.32 Å². The number of carboxylic acid groups (broad SMARTS) is 1. The number of rotatable bonds is 6. The molecule has 21 heavy (non-hydrogen) atoms. The van der Waals surface area contributed by atoms with Gasteiger partial charge in [0, 0.05) is 17.5 Å². The maximum absolute atomic E-state index is 12.5. The van der Waals surface area contributed by atoms with Gasteiger partial charge in [0.15, 0.2) is 0 Å². The molecule has 0 heterocycles. The molecule has 0 aromatic heterocycles. The molecule has 1 amide bonds. The minimum Gasteiger partial charge on any atom is -0.481 e. The zero-order valence-electron chi connectivity index (χ0n) is 12.5. The Kier molecular flexibility index (Phi) is 4.99. The Balaban J connectivity index is 2.03. The zero-order valence-corrected chi connectivity index (χ0v) is 12.5. The number of aliphatic carboxylic acids is 1. The lowest BCUT2D eigenvalue weighted by molar-refractivity contribution is -0.137. The van der Waals surface area contributed by atoms with E-state index in [9.17, 15) is 9.59 Å². The monoisotopic (exact) mass is 289 g/mol. The standard InChI is InChI=1S/C17H23NO3/c1-2-17(10-3-4-11-17)16(21)18-14-7-5-6-13(12-14)8-9-15(19)20/h5-7,12H,2-4,8-11H2,1H3,(H,18,21)(H,19,20). The van der Waals surface area contributed by atoms with E-state index in [1.54, 1.807) is 0 Å². The van der Waals surface area contributed by atoms with Gasteiger partial charge in [0.05, 0.1) is 0 Å². The average molecular weight is 289 g/mol. The molecular weight excluding hydrogens is 266 g/mol. The summed E-state index contributed by atoms with van der Waals surface area (Å²) in [6, 6.07) is 7.49. The Morgan fingerprint density at radius 2 is 2.00 bits per heavy atom. The van der Waals surface area contributed by atoms with Gasteiger partial charge in [-0.05, 0) is 43.4 Å². The highest BCUT2D eigenvalue weighted by Crippen LogP contribution is 2.41. The fourth-order valence-electron chi connectivity index (χ4n) is 3.11. The summed E-state index contributed by atoms with van der Waals surface area (Å²) < 4.78 is 0. The van der Waals surface area contributed by atoms with E-state index in [0.717, 1.165) is 43.4 Å². The highest BCUT2D eigenvalue weighted by atomic mass is 16.4. The summed E-state index contributed by atoms with van der Waals surface area (Å²) in [5, 5.41) is 11.7. The van der Waals surface area contributed by atoms with Crippen molar-refractivity contribution in [1.29, 1.82) is 0 Å². The number of hydrogen-bond acceptors (Lipinski definition) is 2. The number of amides is 1. The molecule has 0 atom stereocenters. The summed E-state index contributed by atoms with van der Waals surface area (Å²) in [5.41, 5.74) is 1.49. The predicted molar refractivity (Wildman–Crippen MR) is 82.2 cm³/mol. The van der Waals surface area contributed by atoms with Crippen molar-refractivity contribution in [2.24, 2.45) is 5.41 Å². The molecule has 1 saturated carbocycles. The SMILES string of the molecule is CCC1(C(=O)Nc2cccc(CCC(=O)O)c2)CCCC1. The molecule has 0 aliphatic heterocycles.